The van der Waals surface area contributed by atoms with Gasteiger partial charge in [-0.15, -0.1) is 10.2 Å². The number of nitrogens with two attached hydrogens (primary N) is 1. The SMILES string of the molecule is Nn1c(SCc2ccc(F)cc2Cl)nnc1-c1ccccc1Cl. The van der Waals surface area contributed by atoms with Gasteiger partial charge in [0.25, 0.3) is 0 Å². The Morgan fingerprint density at radius 2 is 1.87 bits per heavy atom. The van der Waals surface area contributed by atoms with Gasteiger partial charge in [0.1, 0.15) is 5.82 Å². The predicted molar refractivity (Wildman–Crippen MR) is 91.6 cm³/mol. The predicted octanol–water partition coefficient (Wildman–Crippen LogP) is 4.40. The number of nitrogen functional groups attached to an aromatic ring is 1. The van der Waals surface area contributed by atoms with E-state index in [9.17, 15) is 4.39 Å². The van der Waals surface area contributed by atoms with Crippen molar-refractivity contribution >= 4 is 35.0 Å². The molecule has 0 aliphatic heterocycles. The first-order valence-electron chi connectivity index (χ1n) is 6.58. The van der Waals surface area contributed by atoms with Gasteiger partial charge in [-0.1, -0.05) is 53.2 Å². The number of thioether (sulfide) groups is 1. The lowest BCUT2D eigenvalue weighted by Crippen LogP contribution is -2.11. The number of aromatic nitrogens is 3. The van der Waals surface area contributed by atoms with Crippen LogP contribution in [-0.4, -0.2) is 14.9 Å². The second kappa shape index (κ2) is 6.78. The fourth-order valence-corrected chi connectivity index (χ4v) is 3.38. The first-order chi connectivity index (χ1) is 11.1. The van der Waals surface area contributed by atoms with Gasteiger partial charge in [-0.2, -0.15) is 0 Å². The van der Waals surface area contributed by atoms with Gasteiger partial charge in [0, 0.05) is 16.3 Å². The van der Waals surface area contributed by atoms with Crippen LogP contribution < -0.4 is 5.84 Å². The van der Waals surface area contributed by atoms with Crippen LogP contribution in [0.25, 0.3) is 11.4 Å². The number of hydrogen-bond donors (Lipinski definition) is 1. The van der Waals surface area contributed by atoms with E-state index in [1.165, 1.54) is 28.6 Å². The van der Waals surface area contributed by atoms with E-state index < -0.39 is 0 Å². The fourth-order valence-electron chi connectivity index (χ4n) is 1.98. The zero-order valence-electron chi connectivity index (χ0n) is 11.7. The van der Waals surface area contributed by atoms with Crippen LogP contribution in [0.5, 0.6) is 0 Å². The summed E-state index contributed by atoms with van der Waals surface area (Å²) in [6.45, 7) is 0. The molecule has 2 N–H and O–H groups in total. The molecular formula is C15H11Cl2FN4S. The molecule has 0 saturated carbocycles. The molecule has 0 fully saturated rings. The van der Waals surface area contributed by atoms with E-state index in [2.05, 4.69) is 10.2 Å². The van der Waals surface area contributed by atoms with Gasteiger partial charge in [0.05, 0.1) is 5.02 Å². The summed E-state index contributed by atoms with van der Waals surface area (Å²) >= 11 is 13.5. The van der Waals surface area contributed by atoms with Crippen LogP contribution in [-0.2, 0) is 5.75 Å². The van der Waals surface area contributed by atoms with Crippen molar-refractivity contribution in [3.05, 3.63) is 63.9 Å². The Morgan fingerprint density at radius 1 is 1.09 bits per heavy atom. The standard InChI is InChI=1S/C15H11Cl2FN4S/c16-12-4-2-1-3-11(12)14-20-21-15(22(14)19)23-8-9-5-6-10(18)7-13(9)17/h1-7H,8,19H2. The molecule has 0 amide bonds. The van der Waals surface area contributed by atoms with E-state index in [4.69, 9.17) is 29.0 Å². The molecule has 2 aromatic carbocycles. The van der Waals surface area contributed by atoms with Crippen LogP contribution in [0.1, 0.15) is 5.56 Å². The lowest BCUT2D eigenvalue weighted by atomic mass is 10.2. The highest BCUT2D eigenvalue weighted by Gasteiger charge is 2.15. The largest absolute Gasteiger partial charge is 0.335 e. The Labute approximate surface area is 146 Å². The van der Waals surface area contributed by atoms with Crippen molar-refractivity contribution in [3.63, 3.8) is 0 Å². The Hall–Kier alpha value is -1.76. The molecule has 3 rings (SSSR count). The van der Waals surface area contributed by atoms with Crippen LogP contribution in [0.15, 0.2) is 47.6 Å². The highest BCUT2D eigenvalue weighted by molar-refractivity contribution is 7.98. The summed E-state index contributed by atoms with van der Waals surface area (Å²) in [6, 6.07) is 11.5. The molecule has 0 unspecified atom stereocenters. The van der Waals surface area contributed by atoms with Crippen molar-refractivity contribution in [2.45, 2.75) is 10.9 Å². The Kier molecular flexibility index (Phi) is 4.75. The minimum Gasteiger partial charge on any atom is -0.335 e. The maximum atomic E-state index is 13.1. The Balaban J connectivity index is 1.81. The quantitative estimate of drug-likeness (QED) is 0.547. The molecule has 0 radical (unpaired) electrons. The molecule has 0 spiro atoms. The molecule has 4 nitrogen and oxygen atoms in total. The van der Waals surface area contributed by atoms with Gasteiger partial charge in [-0.3, -0.25) is 0 Å². The van der Waals surface area contributed by atoms with Crippen LogP contribution in [0, 0.1) is 5.82 Å². The average molecular weight is 369 g/mol. The summed E-state index contributed by atoms with van der Waals surface area (Å²) in [7, 11) is 0. The Bertz CT molecular complexity index is 853. The van der Waals surface area contributed by atoms with Crippen LogP contribution >= 0.6 is 35.0 Å². The summed E-state index contributed by atoms with van der Waals surface area (Å²) in [6.07, 6.45) is 0. The summed E-state index contributed by atoms with van der Waals surface area (Å²) in [5.74, 6) is 6.65. The van der Waals surface area contributed by atoms with E-state index in [1.807, 2.05) is 18.2 Å². The number of hydrogen-bond acceptors (Lipinski definition) is 4. The molecule has 118 valence electrons. The fraction of sp³-hybridized carbons (Fsp3) is 0.0667. The third-order valence-corrected chi connectivity index (χ3v) is 4.82. The van der Waals surface area contributed by atoms with Crippen molar-refractivity contribution in [3.8, 4) is 11.4 Å². The van der Waals surface area contributed by atoms with Gasteiger partial charge in [-0.25, -0.2) is 9.07 Å². The molecule has 3 aromatic rings. The van der Waals surface area contributed by atoms with Crippen molar-refractivity contribution in [2.24, 2.45) is 0 Å². The molecule has 1 heterocycles. The summed E-state index contributed by atoms with van der Waals surface area (Å²) in [4.78, 5) is 0. The van der Waals surface area contributed by atoms with Crippen LogP contribution in [0.3, 0.4) is 0 Å². The number of benzene rings is 2. The van der Waals surface area contributed by atoms with Gasteiger partial charge in [-0.05, 0) is 29.8 Å². The number of halogens is 3. The second-order valence-electron chi connectivity index (χ2n) is 4.68. The van der Waals surface area contributed by atoms with Crippen molar-refractivity contribution < 1.29 is 4.39 Å². The molecule has 1 aromatic heterocycles. The molecular weight excluding hydrogens is 358 g/mol. The van der Waals surface area contributed by atoms with E-state index in [1.54, 1.807) is 12.1 Å². The molecule has 0 aliphatic carbocycles. The van der Waals surface area contributed by atoms with E-state index in [0.29, 0.717) is 32.3 Å². The molecule has 0 bridgehead atoms. The minimum atomic E-state index is -0.369. The van der Waals surface area contributed by atoms with Crippen LogP contribution in [0.4, 0.5) is 4.39 Å². The molecule has 0 saturated heterocycles. The van der Waals surface area contributed by atoms with Crippen molar-refractivity contribution in [1.82, 2.24) is 14.9 Å². The van der Waals surface area contributed by atoms with Crippen molar-refractivity contribution in [2.75, 3.05) is 5.84 Å². The lowest BCUT2D eigenvalue weighted by Gasteiger charge is -2.06. The molecule has 0 atom stereocenters. The van der Waals surface area contributed by atoms with E-state index in [-0.39, 0.29) is 5.82 Å². The summed E-state index contributed by atoms with van der Waals surface area (Å²) in [5, 5.41) is 9.58. The minimum absolute atomic E-state index is 0.368. The third-order valence-electron chi connectivity index (χ3n) is 3.15. The topological polar surface area (TPSA) is 56.7 Å². The zero-order chi connectivity index (χ0) is 16.4. The first-order valence-corrected chi connectivity index (χ1v) is 8.32. The highest BCUT2D eigenvalue weighted by Crippen LogP contribution is 2.30. The smallest absolute Gasteiger partial charge is 0.210 e. The maximum absolute atomic E-state index is 13.1. The van der Waals surface area contributed by atoms with E-state index in [0.717, 1.165) is 5.56 Å². The van der Waals surface area contributed by atoms with Crippen molar-refractivity contribution in [1.29, 1.82) is 0 Å². The normalized spacial score (nSPS) is 10.9. The Morgan fingerprint density at radius 3 is 2.61 bits per heavy atom. The molecule has 0 aliphatic rings. The van der Waals surface area contributed by atoms with Crippen LogP contribution in [0.2, 0.25) is 10.0 Å². The maximum Gasteiger partial charge on any atom is 0.210 e. The van der Waals surface area contributed by atoms with Gasteiger partial charge >= 0.3 is 0 Å². The number of rotatable bonds is 4. The molecule has 8 heteroatoms. The second-order valence-corrected chi connectivity index (χ2v) is 6.44. The monoisotopic (exact) mass is 368 g/mol. The zero-order valence-corrected chi connectivity index (χ0v) is 14.0. The number of nitrogens with zero attached hydrogens (tertiary/aromatic N) is 3. The van der Waals surface area contributed by atoms with Gasteiger partial charge in [0.2, 0.25) is 5.16 Å². The summed E-state index contributed by atoms with van der Waals surface area (Å²) in [5.41, 5.74) is 1.50. The van der Waals surface area contributed by atoms with Gasteiger partial charge < -0.3 is 5.84 Å². The average Bonchev–Trinajstić information content (AvgIpc) is 2.88. The first kappa shape index (κ1) is 16.1. The van der Waals surface area contributed by atoms with E-state index >= 15 is 0 Å². The third kappa shape index (κ3) is 3.44. The highest BCUT2D eigenvalue weighted by atomic mass is 35.5. The molecule has 23 heavy (non-hydrogen) atoms. The summed E-state index contributed by atoms with van der Waals surface area (Å²) < 4.78 is 14.4. The lowest BCUT2D eigenvalue weighted by molar-refractivity contribution is 0.627. The van der Waals surface area contributed by atoms with Gasteiger partial charge in [0.15, 0.2) is 5.82 Å².